The number of para-hydroxylation sites is 1. The molecule has 1 amide bonds. The lowest BCUT2D eigenvalue weighted by Gasteiger charge is -2.20. The third kappa shape index (κ3) is 3.27. The van der Waals surface area contributed by atoms with Crippen LogP contribution < -0.4 is 4.90 Å². The quantitative estimate of drug-likeness (QED) is 0.806. The van der Waals surface area contributed by atoms with Crippen LogP contribution in [0.3, 0.4) is 0 Å². The Morgan fingerprint density at radius 1 is 1.30 bits per heavy atom. The molecule has 2 aromatic rings. The van der Waals surface area contributed by atoms with E-state index >= 15 is 0 Å². The van der Waals surface area contributed by atoms with E-state index in [1.807, 2.05) is 50.8 Å². The van der Waals surface area contributed by atoms with Crippen molar-refractivity contribution in [3.63, 3.8) is 0 Å². The van der Waals surface area contributed by atoms with Gasteiger partial charge < -0.3 is 9.32 Å². The number of carbonyl (C=O) groups excluding carboxylic acids is 1. The van der Waals surface area contributed by atoms with Crippen LogP contribution in [0, 0.1) is 0 Å². The summed E-state index contributed by atoms with van der Waals surface area (Å²) in [6.07, 6.45) is 0.911. The van der Waals surface area contributed by atoms with Crippen molar-refractivity contribution in [1.29, 1.82) is 0 Å². The molecular formula is C17H21N3O2S. The highest BCUT2D eigenvalue weighted by Crippen LogP contribution is 2.32. The van der Waals surface area contributed by atoms with Gasteiger partial charge in [0.1, 0.15) is 0 Å². The van der Waals surface area contributed by atoms with Gasteiger partial charge in [-0.3, -0.25) is 4.79 Å². The Bertz CT molecular complexity index is 721. The topological polar surface area (TPSA) is 59.2 Å². The number of hydrogen-bond acceptors (Lipinski definition) is 5. The van der Waals surface area contributed by atoms with Crippen LogP contribution in [0.1, 0.15) is 39.1 Å². The van der Waals surface area contributed by atoms with Crippen LogP contribution in [-0.2, 0) is 16.6 Å². The number of aromatic nitrogens is 2. The molecule has 1 aromatic carbocycles. The highest BCUT2D eigenvalue weighted by atomic mass is 32.2. The summed E-state index contributed by atoms with van der Waals surface area (Å²) in [4.78, 5) is 14.6. The van der Waals surface area contributed by atoms with Gasteiger partial charge in [0.2, 0.25) is 11.8 Å². The zero-order valence-electron chi connectivity index (χ0n) is 13.9. The predicted octanol–water partition coefficient (Wildman–Crippen LogP) is 3.44. The van der Waals surface area contributed by atoms with Crippen molar-refractivity contribution in [3.05, 3.63) is 35.7 Å². The van der Waals surface area contributed by atoms with Gasteiger partial charge in [0.05, 0.1) is 5.25 Å². The van der Waals surface area contributed by atoms with Crippen LogP contribution in [0.15, 0.2) is 33.9 Å². The van der Waals surface area contributed by atoms with E-state index in [-0.39, 0.29) is 16.6 Å². The van der Waals surface area contributed by atoms with E-state index in [0.717, 1.165) is 18.7 Å². The van der Waals surface area contributed by atoms with Crippen molar-refractivity contribution in [1.82, 2.24) is 10.2 Å². The summed E-state index contributed by atoms with van der Waals surface area (Å²) in [5, 5.41) is 8.30. The van der Waals surface area contributed by atoms with E-state index in [0.29, 0.717) is 11.1 Å². The second kappa shape index (κ2) is 6.00. The van der Waals surface area contributed by atoms with Gasteiger partial charge in [0.15, 0.2) is 0 Å². The Morgan fingerprint density at radius 3 is 2.74 bits per heavy atom. The number of anilines is 1. The third-order valence-electron chi connectivity index (χ3n) is 3.83. The summed E-state index contributed by atoms with van der Waals surface area (Å²) in [5.74, 6) is 0.668. The molecule has 0 radical (unpaired) electrons. The van der Waals surface area contributed by atoms with Gasteiger partial charge in [0, 0.05) is 17.6 Å². The molecule has 0 saturated heterocycles. The van der Waals surface area contributed by atoms with Crippen LogP contribution >= 0.6 is 11.8 Å². The number of nitrogens with zero attached hydrogens (tertiary/aromatic N) is 3. The van der Waals surface area contributed by atoms with Crippen LogP contribution in [0.25, 0.3) is 0 Å². The van der Waals surface area contributed by atoms with Crippen molar-refractivity contribution in [2.45, 2.75) is 50.0 Å². The van der Waals surface area contributed by atoms with Crippen molar-refractivity contribution in [2.24, 2.45) is 0 Å². The van der Waals surface area contributed by atoms with E-state index in [1.165, 1.54) is 17.3 Å². The first-order valence-corrected chi connectivity index (χ1v) is 8.64. The average molecular weight is 331 g/mol. The lowest BCUT2D eigenvalue weighted by atomic mass is 9.97. The van der Waals surface area contributed by atoms with Gasteiger partial charge in [0.25, 0.3) is 5.22 Å². The number of fused-ring (bicyclic) bond motifs is 1. The Morgan fingerprint density at radius 2 is 2.04 bits per heavy atom. The molecule has 5 nitrogen and oxygen atoms in total. The van der Waals surface area contributed by atoms with E-state index < -0.39 is 0 Å². The monoisotopic (exact) mass is 331 g/mol. The summed E-state index contributed by atoms with van der Waals surface area (Å²) in [6.45, 7) is 8.68. The number of rotatable bonds is 3. The fraction of sp³-hybridized carbons (Fsp3) is 0.471. The Hall–Kier alpha value is -1.82. The van der Waals surface area contributed by atoms with E-state index in [2.05, 4.69) is 16.3 Å². The zero-order chi connectivity index (χ0) is 16.6. The smallest absolute Gasteiger partial charge is 0.277 e. The largest absolute Gasteiger partial charge is 0.415 e. The Balaban J connectivity index is 1.70. The fourth-order valence-corrected chi connectivity index (χ4v) is 3.29. The maximum Gasteiger partial charge on any atom is 0.277 e. The molecule has 0 bridgehead atoms. The molecule has 23 heavy (non-hydrogen) atoms. The van der Waals surface area contributed by atoms with Crippen molar-refractivity contribution < 1.29 is 9.21 Å². The summed E-state index contributed by atoms with van der Waals surface area (Å²) in [5.41, 5.74) is 2.06. The number of thioether (sulfide) groups is 1. The first-order valence-electron chi connectivity index (χ1n) is 7.76. The van der Waals surface area contributed by atoms with Gasteiger partial charge in [-0.15, -0.1) is 10.2 Å². The molecule has 1 aliphatic heterocycles. The molecule has 2 heterocycles. The van der Waals surface area contributed by atoms with E-state index in [4.69, 9.17) is 4.42 Å². The summed E-state index contributed by atoms with van der Waals surface area (Å²) in [6, 6.07) is 8.06. The molecular weight excluding hydrogens is 310 g/mol. The van der Waals surface area contributed by atoms with Crippen molar-refractivity contribution in [2.75, 3.05) is 11.4 Å². The molecule has 6 heteroatoms. The maximum absolute atomic E-state index is 12.7. The normalized spacial score (nSPS) is 15.6. The molecule has 0 fully saturated rings. The molecule has 0 saturated carbocycles. The number of hydrogen-bond donors (Lipinski definition) is 0. The summed E-state index contributed by atoms with van der Waals surface area (Å²) < 4.78 is 5.67. The standard InChI is InChI=1S/C17H21N3O2S/c1-11(23-16-19-18-15(22-16)17(2,3)4)14(21)20-10-9-12-7-5-6-8-13(12)20/h5-8,11H,9-10H2,1-4H3/t11-/m1/s1. The molecule has 0 N–H and O–H groups in total. The molecule has 0 unspecified atom stereocenters. The molecule has 0 aliphatic carbocycles. The minimum Gasteiger partial charge on any atom is -0.415 e. The molecule has 1 atom stereocenters. The van der Waals surface area contributed by atoms with Gasteiger partial charge in [-0.25, -0.2) is 0 Å². The van der Waals surface area contributed by atoms with Crippen molar-refractivity contribution >= 4 is 23.4 Å². The third-order valence-corrected chi connectivity index (χ3v) is 4.75. The molecule has 122 valence electrons. The second-order valence-electron chi connectivity index (χ2n) is 6.75. The van der Waals surface area contributed by atoms with Gasteiger partial charge in [-0.1, -0.05) is 50.7 Å². The molecule has 3 rings (SSSR count). The van der Waals surface area contributed by atoms with Crippen molar-refractivity contribution in [3.8, 4) is 0 Å². The van der Waals surface area contributed by atoms with Crippen LogP contribution in [0.4, 0.5) is 5.69 Å². The Labute approximate surface area is 140 Å². The van der Waals surface area contributed by atoms with Gasteiger partial charge in [-0.05, 0) is 25.0 Å². The zero-order valence-corrected chi connectivity index (χ0v) is 14.7. The lowest BCUT2D eigenvalue weighted by molar-refractivity contribution is -0.117. The first kappa shape index (κ1) is 16.1. The highest BCUT2D eigenvalue weighted by molar-refractivity contribution is 8.00. The van der Waals surface area contributed by atoms with Crippen LogP contribution in [-0.4, -0.2) is 27.9 Å². The van der Waals surface area contributed by atoms with Crippen LogP contribution in [0.5, 0.6) is 0 Å². The predicted molar refractivity (Wildman–Crippen MR) is 90.8 cm³/mol. The van der Waals surface area contributed by atoms with E-state index in [1.54, 1.807) is 0 Å². The summed E-state index contributed by atoms with van der Waals surface area (Å²) >= 11 is 1.32. The number of benzene rings is 1. The minimum atomic E-state index is -0.269. The van der Waals surface area contributed by atoms with Gasteiger partial charge in [-0.2, -0.15) is 0 Å². The minimum absolute atomic E-state index is 0.0791. The second-order valence-corrected chi connectivity index (χ2v) is 8.04. The summed E-state index contributed by atoms with van der Waals surface area (Å²) in [7, 11) is 0. The fourth-order valence-electron chi connectivity index (χ4n) is 2.55. The Kier molecular flexibility index (Phi) is 4.19. The number of carbonyl (C=O) groups is 1. The van der Waals surface area contributed by atoms with E-state index in [9.17, 15) is 4.79 Å². The average Bonchev–Trinajstić information content (AvgIpc) is 3.12. The van der Waals surface area contributed by atoms with Crippen LogP contribution in [0.2, 0.25) is 0 Å². The number of amides is 1. The maximum atomic E-state index is 12.7. The molecule has 0 spiro atoms. The lowest BCUT2D eigenvalue weighted by Crippen LogP contribution is -2.35. The first-order chi connectivity index (χ1) is 10.9. The molecule has 1 aliphatic rings. The highest BCUT2D eigenvalue weighted by Gasteiger charge is 2.30. The SMILES string of the molecule is C[C@@H](Sc1nnc(C(C)(C)C)o1)C(=O)N1CCc2ccccc21. The molecule has 1 aromatic heterocycles. The van der Waals surface area contributed by atoms with Gasteiger partial charge >= 0.3 is 0 Å².